The van der Waals surface area contributed by atoms with Crippen LogP contribution in [0, 0.1) is 0 Å². The first kappa shape index (κ1) is 38.5. The number of hydrogen-bond acceptors (Lipinski definition) is 2. The summed E-state index contributed by atoms with van der Waals surface area (Å²) in [6.45, 7) is 0. The topological polar surface area (TPSA) is 6.48 Å². The quantitative estimate of drug-likeness (QED) is 0.136. The molecule has 0 spiro atoms. The molecule has 64 heavy (non-hydrogen) atoms. The molecule has 0 bridgehead atoms. The van der Waals surface area contributed by atoms with E-state index in [-0.39, 0.29) is 0 Å². The number of rotatable bonds is 10. The second-order valence-corrected chi connectivity index (χ2v) is 16.2. The van der Waals surface area contributed by atoms with E-state index in [0.717, 1.165) is 34.1 Å². The van der Waals surface area contributed by atoms with Crippen molar-refractivity contribution in [3.63, 3.8) is 0 Å². The second-order valence-electron chi connectivity index (χ2n) is 16.2. The first-order chi connectivity index (χ1) is 31.7. The highest BCUT2D eigenvalue weighted by Crippen LogP contribution is 2.42. The predicted octanol–water partition coefficient (Wildman–Crippen LogP) is 17.6. The van der Waals surface area contributed by atoms with Crippen LogP contribution in [0.15, 0.2) is 267 Å². The Morgan fingerprint density at radius 1 is 0.188 bits per heavy atom. The van der Waals surface area contributed by atoms with E-state index in [1.54, 1.807) is 0 Å². The molecule has 0 saturated carbocycles. The normalized spacial score (nSPS) is 11.1. The summed E-state index contributed by atoms with van der Waals surface area (Å²) >= 11 is 0. The van der Waals surface area contributed by atoms with Crippen LogP contribution in [0.2, 0.25) is 0 Å². The third-order valence-electron chi connectivity index (χ3n) is 12.2. The maximum Gasteiger partial charge on any atom is 0.0482 e. The Bertz CT molecular complexity index is 3340. The lowest BCUT2D eigenvalue weighted by molar-refractivity contribution is 1.25. The van der Waals surface area contributed by atoms with E-state index in [1.807, 2.05) is 0 Å². The SMILES string of the molecule is c1ccc(-c2ccc(N(c3ccccc3)c3cccc(N(c4ccc(-c5ccccc5)cc4)c4ccc(-c5cc(-c6ccc7ccccc7c6)c6ccccc6c5)cc4)c3)cc2)cc1. The van der Waals surface area contributed by atoms with Crippen LogP contribution >= 0.6 is 0 Å². The summed E-state index contributed by atoms with van der Waals surface area (Å²) in [5.41, 5.74) is 16.0. The lowest BCUT2D eigenvalue weighted by atomic mass is 9.92. The molecule has 0 aliphatic carbocycles. The molecule has 0 aromatic heterocycles. The van der Waals surface area contributed by atoms with Gasteiger partial charge in [0, 0.05) is 34.1 Å². The summed E-state index contributed by atoms with van der Waals surface area (Å²) < 4.78 is 0. The van der Waals surface area contributed by atoms with Gasteiger partial charge in [-0.1, -0.05) is 182 Å². The molecule has 11 aromatic rings. The molecule has 0 radical (unpaired) electrons. The van der Waals surface area contributed by atoms with Crippen LogP contribution in [0.25, 0.3) is 66.1 Å². The Hall–Kier alpha value is -8.46. The van der Waals surface area contributed by atoms with E-state index in [0.29, 0.717) is 0 Å². The third-order valence-corrected chi connectivity index (χ3v) is 12.2. The van der Waals surface area contributed by atoms with Crippen LogP contribution < -0.4 is 9.80 Å². The Labute approximate surface area is 375 Å². The molecule has 11 aromatic carbocycles. The molecule has 2 heteroatoms. The van der Waals surface area contributed by atoms with E-state index in [1.165, 1.54) is 66.1 Å². The summed E-state index contributed by atoms with van der Waals surface area (Å²) in [6, 6.07) is 96.3. The monoisotopic (exact) mass is 816 g/mol. The molecule has 0 saturated heterocycles. The average Bonchev–Trinajstić information content (AvgIpc) is 3.38. The molecule has 0 N–H and O–H groups in total. The van der Waals surface area contributed by atoms with Gasteiger partial charge in [-0.05, 0) is 151 Å². The highest BCUT2D eigenvalue weighted by atomic mass is 15.2. The van der Waals surface area contributed by atoms with E-state index in [2.05, 4.69) is 277 Å². The standard InChI is InChI=1S/C62H44N2/c1-4-15-45(16-5-1)48-29-35-56(36-30-48)63(55-22-8-3-9-23-55)59-24-14-25-60(44-59)64(57-37-31-49(32-38-57)46-17-6-2-7-18-46)58-39-33-50(34-40-58)54-42-52-21-12-13-26-61(52)62(43-54)53-28-27-47-19-10-11-20-51(47)41-53/h1-44H. The van der Waals surface area contributed by atoms with Crippen LogP contribution in [-0.4, -0.2) is 0 Å². The first-order valence-corrected chi connectivity index (χ1v) is 21.9. The van der Waals surface area contributed by atoms with Crippen LogP contribution in [-0.2, 0) is 0 Å². The van der Waals surface area contributed by atoms with Crippen molar-refractivity contribution >= 4 is 55.7 Å². The Balaban J connectivity index is 1.00. The summed E-state index contributed by atoms with van der Waals surface area (Å²) in [7, 11) is 0. The van der Waals surface area contributed by atoms with Crippen molar-refractivity contribution in [3.8, 4) is 44.5 Å². The van der Waals surface area contributed by atoms with Crippen LogP contribution in [0.1, 0.15) is 0 Å². The van der Waals surface area contributed by atoms with Crippen LogP contribution in [0.5, 0.6) is 0 Å². The van der Waals surface area contributed by atoms with E-state index < -0.39 is 0 Å². The van der Waals surface area contributed by atoms with Gasteiger partial charge in [0.05, 0.1) is 0 Å². The largest absolute Gasteiger partial charge is 0.310 e. The number of hydrogen-bond donors (Lipinski definition) is 0. The number of para-hydroxylation sites is 1. The van der Waals surface area contributed by atoms with E-state index >= 15 is 0 Å². The number of fused-ring (bicyclic) bond motifs is 2. The van der Waals surface area contributed by atoms with E-state index in [4.69, 9.17) is 0 Å². The fourth-order valence-corrected chi connectivity index (χ4v) is 8.99. The highest BCUT2D eigenvalue weighted by Gasteiger charge is 2.18. The lowest BCUT2D eigenvalue weighted by Crippen LogP contribution is -2.13. The van der Waals surface area contributed by atoms with Crippen molar-refractivity contribution in [2.75, 3.05) is 9.80 Å². The summed E-state index contributed by atoms with van der Waals surface area (Å²) in [5, 5.41) is 4.96. The molecule has 0 atom stereocenters. The molecule has 0 aliphatic heterocycles. The first-order valence-electron chi connectivity index (χ1n) is 21.9. The molecule has 0 fully saturated rings. The minimum Gasteiger partial charge on any atom is -0.310 e. The highest BCUT2D eigenvalue weighted by molar-refractivity contribution is 6.02. The van der Waals surface area contributed by atoms with Crippen molar-refractivity contribution in [2.24, 2.45) is 0 Å². The van der Waals surface area contributed by atoms with Gasteiger partial charge in [0.25, 0.3) is 0 Å². The minimum absolute atomic E-state index is 1.06. The molecular weight excluding hydrogens is 773 g/mol. The third kappa shape index (κ3) is 7.70. The Morgan fingerprint density at radius 3 is 1.11 bits per heavy atom. The maximum absolute atomic E-state index is 2.37. The maximum atomic E-state index is 2.37. The summed E-state index contributed by atoms with van der Waals surface area (Å²) in [5.74, 6) is 0. The number of benzene rings is 11. The van der Waals surface area contributed by atoms with Crippen molar-refractivity contribution in [2.45, 2.75) is 0 Å². The van der Waals surface area contributed by atoms with Gasteiger partial charge >= 0.3 is 0 Å². The van der Waals surface area contributed by atoms with Gasteiger partial charge in [-0.15, -0.1) is 0 Å². The fourth-order valence-electron chi connectivity index (χ4n) is 8.99. The molecule has 11 rings (SSSR count). The van der Waals surface area contributed by atoms with Crippen molar-refractivity contribution in [1.29, 1.82) is 0 Å². The average molecular weight is 817 g/mol. The van der Waals surface area contributed by atoms with E-state index in [9.17, 15) is 0 Å². The van der Waals surface area contributed by atoms with Gasteiger partial charge in [-0.2, -0.15) is 0 Å². The van der Waals surface area contributed by atoms with Crippen molar-refractivity contribution < 1.29 is 0 Å². The molecule has 0 heterocycles. The van der Waals surface area contributed by atoms with Gasteiger partial charge in [0.2, 0.25) is 0 Å². The molecule has 2 nitrogen and oxygen atoms in total. The van der Waals surface area contributed by atoms with Gasteiger partial charge in [0.1, 0.15) is 0 Å². The molecule has 0 aliphatic rings. The van der Waals surface area contributed by atoms with Crippen molar-refractivity contribution in [1.82, 2.24) is 0 Å². The molecule has 0 amide bonds. The summed E-state index contributed by atoms with van der Waals surface area (Å²) in [4.78, 5) is 4.70. The minimum atomic E-state index is 1.06. The Morgan fingerprint density at radius 2 is 0.562 bits per heavy atom. The lowest BCUT2D eigenvalue weighted by Gasteiger charge is -2.29. The molecular formula is C62H44N2. The smallest absolute Gasteiger partial charge is 0.0482 e. The van der Waals surface area contributed by atoms with Crippen LogP contribution in [0.4, 0.5) is 34.1 Å². The van der Waals surface area contributed by atoms with Gasteiger partial charge < -0.3 is 9.80 Å². The molecule has 0 unspecified atom stereocenters. The van der Waals surface area contributed by atoms with Gasteiger partial charge in [0.15, 0.2) is 0 Å². The number of anilines is 6. The predicted molar refractivity (Wildman–Crippen MR) is 273 cm³/mol. The van der Waals surface area contributed by atoms with Crippen LogP contribution in [0.3, 0.4) is 0 Å². The van der Waals surface area contributed by atoms with Gasteiger partial charge in [-0.25, -0.2) is 0 Å². The second kappa shape index (κ2) is 17.1. The zero-order chi connectivity index (χ0) is 42.7. The van der Waals surface area contributed by atoms with Crippen molar-refractivity contribution in [3.05, 3.63) is 267 Å². The summed E-state index contributed by atoms with van der Waals surface area (Å²) in [6.07, 6.45) is 0. The molecule has 302 valence electrons. The number of nitrogens with zero attached hydrogens (tertiary/aromatic N) is 2. The van der Waals surface area contributed by atoms with Gasteiger partial charge in [-0.3, -0.25) is 0 Å². The zero-order valence-electron chi connectivity index (χ0n) is 35.3. The Kier molecular flexibility index (Phi) is 10.3. The zero-order valence-corrected chi connectivity index (χ0v) is 35.3. The fraction of sp³-hybridized carbons (Fsp3) is 0.